The van der Waals surface area contributed by atoms with Crippen LogP contribution in [-0.4, -0.2) is 34.2 Å². The Balaban J connectivity index is 2.43. The summed E-state index contributed by atoms with van der Waals surface area (Å²) < 4.78 is 10.7. The van der Waals surface area contributed by atoms with Crippen molar-refractivity contribution < 1.29 is 28.8 Å². The summed E-state index contributed by atoms with van der Waals surface area (Å²) in [5.74, 6) is -0.677. The van der Waals surface area contributed by atoms with Crippen LogP contribution in [0.4, 0.5) is 26.7 Å². The molecule has 0 aliphatic heterocycles. The molecule has 0 bridgehead atoms. The minimum atomic E-state index is -0.986. The number of hydrogen-bond acceptors (Lipinski definition) is 7. The number of rotatable bonds is 4. The number of ether oxygens (including phenoxy) is 2. The minimum absolute atomic E-state index is 0.0202. The highest BCUT2D eigenvalue weighted by atomic mass is 35.5. The Morgan fingerprint density at radius 1 is 0.941 bits per heavy atom. The molecule has 3 amide bonds. The molecule has 1 N–H and O–H groups in total. The summed E-state index contributed by atoms with van der Waals surface area (Å²) in [5.41, 5.74) is -1.94. The van der Waals surface area contributed by atoms with Gasteiger partial charge in [-0.1, -0.05) is 17.7 Å². The van der Waals surface area contributed by atoms with E-state index >= 15 is 0 Å². The van der Waals surface area contributed by atoms with Crippen molar-refractivity contribution in [2.45, 2.75) is 52.7 Å². The molecule has 0 aliphatic rings. The number of nitrogens with zero attached hydrogens (tertiary/aromatic N) is 2. The Bertz CT molecular complexity index is 1090. The lowest BCUT2D eigenvalue weighted by atomic mass is 10.1. The average molecular weight is 492 g/mol. The van der Waals surface area contributed by atoms with Gasteiger partial charge in [0.1, 0.15) is 11.2 Å². The normalized spacial score (nSPS) is 11.4. The number of hydrogen-bond donors (Lipinski definition) is 1. The van der Waals surface area contributed by atoms with E-state index in [0.717, 1.165) is 6.07 Å². The Hall–Kier alpha value is -3.66. The summed E-state index contributed by atoms with van der Waals surface area (Å²) in [7, 11) is 0. The fourth-order valence-corrected chi connectivity index (χ4v) is 2.77. The third-order valence-electron chi connectivity index (χ3n) is 3.93. The van der Waals surface area contributed by atoms with Gasteiger partial charge in [0.15, 0.2) is 0 Å². The van der Waals surface area contributed by atoms with Crippen LogP contribution in [-0.2, 0) is 9.47 Å². The van der Waals surface area contributed by atoms with E-state index in [2.05, 4.69) is 5.32 Å². The first kappa shape index (κ1) is 26.6. The molecule has 0 aliphatic carbocycles. The number of imide groups is 1. The summed E-state index contributed by atoms with van der Waals surface area (Å²) in [5, 5.41) is 13.6. The molecule has 34 heavy (non-hydrogen) atoms. The number of halogens is 1. The fraction of sp³-hybridized carbons (Fsp3) is 0.348. The van der Waals surface area contributed by atoms with Crippen LogP contribution < -0.4 is 10.2 Å². The summed E-state index contributed by atoms with van der Waals surface area (Å²) in [6.45, 7) is 9.86. The molecular formula is C23H26ClN3O7. The van der Waals surface area contributed by atoms with Gasteiger partial charge in [0.25, 0.3) is 11.6 Å². The highest BCUT2D eigenvalue weighted by molar-refractivity contribution is 6.34. The van der Waals surface area contributed by atoms with Gasteiger partial charge in [-0.2, -0.15) is 4.90 Å². The predicted molar refractivity (Wildman–Crippen MR) is 127 cm³/mol. The molecule has 0 heterocycles. The van der Waals surface area contributed by atoms with Crippen molar-refractivity contribution in [3.05, 3.63) is 63.2 Å². The average Bonchev–Trinajstić information content (AvgIpc) is 2.67. The van der Waals surface area contributed by atoms with Crippen LogP contribution in [0.25, 0.3) is 0 Å². The first-order chi connectivity index (χ1) is 15.6. The van der Waals surface area contributed by atoms with Crippen LogP contribution in [0, 0.1) is 10.1 Å². The van der Waals surface area contributed by atoms with Crippen molar-refractivity contribution in [1.82, 2.24) is 0 Å². The van der Waals surface area contributed by atoms with E-state index in [4.69, 9.17) is 21.1 Å². The smallest absolute Gasteiger partial charge is 0.424 e. The lowest BCUT2D eigenvalue weighted by Crippen LogP contribution is -2.43. The van der Waals surface area contributed by atoms with Crippen molar-refractivity contribution >= 4 is 46.8 Å². The van der Waals surface area contributed by atoms with Gasteiger partial charge < -0.3 is 14.8 Å². The van der Waals surface area contributed by atoms with Crippen LogP contribution in [0.3, 0.4) is 0 Å². The van der Waals surface area contributed by atoms with Gasteiger partial charge in [-0.05, 0) is 65.8 Å². The van der Waals surface area contributed by atoms with Gasteiger partial charge in [0.2, 0.25) is 0 Å². The first-order valence-corrected chi connectivity index (χ1v) is 10.6. The van der Waals surface area contributed by atoms with Crippen molar-refractivity contribution in [2.75, 3.05) is 10.2 Å². The lowest BCUT2D eigenvalue weighted by molar-refractivity contribution is -0.384. The van der Waals surface area contributed by atoms with Crippen molar-refractivity contribution in [3.63, 3.8) is 0 Å². The molecule has 10 nitrogen and oxygen atoms in total. The highest BCUT2D eigenvalue weighted by Gasteiger charge is 2.33. The van der Waals surface area contributed by atoms with Gasteiger partial charge in [-0.15, -0.1) is 0 Å². The number of nitrogens with one attached hydrogen (secondary N) is 1. The Kier molecular flexibility index (Phi) is 7.89. The number of non-ortho nitro benzene ring substituents is 1. The fourth-order valence-electron chi connectivity index (χ4n) is 2.60. The molecule has 0 spiro atoms. The molecule has 0 unspecified atom stereocenters. The summed E-state index contributed by atoms with van der Waals surface area (Å²) in [6.07, 6.45) is -1.97. The Morgan fingerprint density at radius 3 is 2.00 bits per heavy atom. The molecule has 0 fully saturated rings. The van der Waals surface area contributed by atoms with E-state index < -0.39 is 34.2 Å². The van der Waals surface area contributed by atoms with Crippen LogP contribution in [0.5, 0.6) is 0 Å². The third kappa shape index (κ3) is 7.45. The summed E-state index contributed by atoms with van der Waals surface area (Å²) in [6, 6.07) is 9.20. The molecule has 0 radical (unpaired) electrons. The molecule has 0 saturated carbocycles. The highest BCUT2D eigenvalue weighted by Crippen LogP contribution is 2.30. The molecule has 0 aromatic heterocycles. The maximum Gasteiger partial charge on any atom is 0.424 e. The van der Waals surface area contributed by atoms with Gasteiger partial charge in [-0.25, -0.2) is 9.59 Å². The van der Waals surface area contributed by atoms with Crippen LogP contribution in [0.15, 0.2) is 42.5 Å². The van der Waals surface area contributed by atoms with Crippen LogP contribution in [0.1, 0.15) is 51.9 Å². The second-order valence-corrected chi connectivity index (χ2v) is 9.63. The molecule has 182 valence electrons. The second-order valence-electron chi connectivity index (χ2n) is 9.22. The van der Waals surface area contributed by atoms with Crippen molar-refractivity contribution in [3.8, 4) is 0 Å². The lowest BCUT2D eigenvalue weighted by Gasteiger charge is -2.28. The van der Waals surface area contributed by atoms with Gasteiger partial charge >= 0.3 is 12.2 Å². The molecule has 2 aromatic rings. The Labute approximate surface area is 201 Å². The monoisotopic (exact) mass is 491 g/mol. The SMILES string of the molecule is CC(C)(C)OC(=O)N(C(=O)OC(C)(C)C)c1ccc(Cl)c(NC(=O)c2cccc([N+](=O)[O-])c2)c1. The number of anilines is 2. The standard InChI is InChI=1S/C23H26ClN3O7/c1-22(2,3)33-20(29)26(21(30)34-23(4,5)6)15-10-11-17(24)18(13-15)25-19(28)14-8-7-9-16(12-14)27(31)32/h7-13H,1-6H3,(H,25,28). The summed E-state index contributed by atoms with van der Waals surface area (Å²) >= 11 is 6.21. The number of benzene rings is 2. The first-order valence-electron chi connectivity index (χ1n) is 10.2. The van der Waals surface area contributed by atoms with E-state index in [9.17, 15) is 24.5 Å². The largest absolute Gasteiger partial charge is 0.443 e. The maximum atomic E-state index is 12.8. The van der Waals surface area contributed by atoms with Crippen molar-refractivity contribution in [1.29, 1.82) is 0 Å². The number of nitro groups is 1. The number of amides is 3. The topological polar surface area (TPSA) is 128 Å². The molecule has 0 atom stereocenters. The zero-order chi connectivity index (χ0) is 25.8. The van der Waals surface area contributed by atoms with Crippen LogP contribution in [0.2, 0.25) is 5.02 Å². The number of carbonyl (C=O) groups is 3. The quantitative estimate of drug-likeness (QED) is 0.399. The second kappa shape index (κ2) is 10.1. The van der Waals surface area contributed by atoms with Crippen LogP contribution >= 0.6 is 11.6 Å². The minimum Gasteiger partial charge on any atom is -0.443 e. The maximum absolute atomic E-state index is 12.8. The van der Waals surface area contributed by atoms with Gasteiger partial charge in [0.05, 0.1) is 21.3 Å². The van der Waals surface area contributed by atoms with Crippen molar-refractivity contribution in [2.24, 2.45) is 0 Å². The Morgan fingerprint density at radius 2 is 1.50 bits per heavy atom. The van der Waals surface area contributed by atoms with E-state index in [1.54, 1.807) is 41.5 Å². The predicted octanol–water partition coefficient (Wildman–Crippen LogP) is 6.18. The number of carbonyl (C=O) groups excluding carboxylic acids is 3. The molecular weight excluding hydrogens is 466 g/mol. The molecule has 11 heteroatoms. The zero-order valence-corrected chi connectivity index (χ0v) is 20.4. The third-order valence-corrected chi connectivity index (χ3v) is 4.26. The van der Waals surface area contributed by atoms with E-state index in [1.807, 2.05) is 0 Å². The van der Waals surface area contributed by atoms with Gasteiger partial charge in [-0.3, -0.25) is 14.9 Å². The van der Waals surface area contributed by atoms with E-state index in [1.165, 1.54) is 36.4 Å². The van der Waals surface area contributed by atoms with Gasteiger partial charge in [0, 0.05) is 17.7 Å². The van der Waals surface area contributed by atoms with E-state index in [0.29, 0.717) is 4.90 Å². The van der Waals surface area contributed by atoms with E-state index in [-0.39, 0.29) is 27.6 Å². The molecule has 0 saturated heterocycles. The number of nitro benzene ring substituents is 1. The summed E-state index contributed by atoms with van der Waals surface area (Å²) in [4.78, 5) is 49.4. The molecule has 2 rings (SSSR count). The molecule has 2 aromatic carbocycles. The zero-order valence-electron chi connectivity index (χ0n) is 19.7.